The molecule has 1 aliphatic rings. The molecule has 0 aliphatic heterocycles. The number of hydrogen-bond donors (Lipinski definition) is 0. The van der Waals surface area contributed by atoms with Crippen LogP contribution < -0.4 is 0 Å². The maximum Gasteiger partial charge on any atom is 0.433 e. The molecule has 1 unspecified atom stereocenters. The fraction of sp³-hybridized carbons (Fsp3) is 0.375. The predicted octanol–water partition coefficient (Wildman–Crippen LogP) is 4.63. The van der Waals surface area contributed by atoms with E-state index < -0.39 is 11.9 Å². The molecule has 0 spiro atoms. The van der Waals surface area contributed by atoms with Crippen molar-refractivity contribution in [2.45, 2.75) is 32.4 Å². The smallest absolute Gasteiger partial charge is 0.218 e. The molecule has 0 saturated heterocycles. The molecule has 1 aromatic carbocycles. The van der Waals surface area contributed by atoms with Crippen molar-refractivity contribution in [1.29, 1.82) is 0 Å². The monoisotopic (exact) mass is 337 g/mol. The second kappa shape index (κ2) is 5.06. The van der Waals surface area contributed by atoms with Gasteiger partial charge in [0.05, 0.1) is 15.9 Å². The molecule has 1 atom stereocenters. The zero-order valence-electron chi connectivity index (χ0n) is 12.4. The number of fused-ring (bicyclic) bond motifs is 2. The first-order chi connectivity index (χ1) is 10.9. The number of halogens is 3. The van der Waals surface area contributed by atoms with Crippen molar-refractivity contribution in [3.05, 3.63) is 41.2 Å². The van der Waals surface area contributed by atoms with E-state index in [1.807, 2.05) is 25.1 Å². The fourth-order valence-electron chi connectivity index (χ4n) is 3.12. The summed E-state index contributed by atoms with van der Waals surface area (Å²) in [6.07, 6.45) is -2.54. The quantitative estimate of drug-likeness (QED) is 0.648. The Morgan fingerprint density at radius 2 is 2.04 bits per heavy atom. The van der Waals surface area contributed by atoms with Crippen LogP contribution in [-0.2, 0) is 19.0 Å². The van der Waals surface area contributed by atoms with Gasteiger partial charge in [0.15, 0.2) is 5.69 Å². The van der Waals surface area contributed by atoms with E-state index in [9.17, 15) is 13.2 Å². The summed E-state index contributed by atoms with van der Waals surface area (Å²) in [7, 11) is 0. The summed E-state index contributed by atoms with van der Waals surface area (Å²) in [5.74, 6) is 0.247. The second-order valence-corrected chi connectivity index (χ2v) is 7.00. The number of hydrogen-bond acceptors (Lipinski definition) is 3. The molecule has 0 amide bonds. The lowest BCUT2D eigenvalue weighted by Gasteiger charge is -2.18. The average Bonchev–Trinajstić information content (AvgIpc) is 3.06. The molecule has 2 aromatic heterocycles. The summed E-state index contributed by atoms with van der Waals surface area (Å²) in [5.41, 5.74) is 0.950. The summed E-state index contributed by atoms with van der Waals surface area (Å²) in [6.45, 7) is 1.98. The van der Waals surface area contributed by atoms with Gasteiger partial charge in [-0.2, -0.15) is 18.3 Å². The van der Waals surface area contributed by atoms with Gasteiger partial charge in [0.2, 0.25) is 5.13 Å². The highest BCUT2D eigenvalue weighted by Crippen LogP contribution is 2.40. The number of benzene rings is 1. The molecule has 0 N–H and O–H groups in total. The zero-order chi connectivity index (χ0) is 16.2. The summed E-state index contributed by atoms with van der Waals surface area (Å²) >= 11 is 1.23. The first-order valence-electron chi connectivity index (χ1n) is 7.47. The van der Waals surface area contributed by atoms with Crippen molar-refractivity contribution in [2.24, 2.45) is 5.92 Å². The van der Waals surface area contributed by atoms with Crippen molar-refractivity contribution < 1.29 is 13.2 Å². The van der Waals surface area contributed by atoms with Crippen LogP contribution in [0.1, 0.15) is 30.3 Å². The molecule has 23 heavy (non-hydrogen) atoms. The van der Waals surface area contributed by atoms with Gasteiger partial charge in [0.1, 0.15) is 0 Å². The third-order valence-corrected chi connectivity index (χ3v) is 5.24. The fourth-order valence-corrected chi connectivity index (χ4v) is 4.05. The van der Waals surface area contributed by atoms with Gasteiger partial charge in [0.25, 0.3) is 0 Å². The number of nitrogens with zero attached hydrogens (tertiary/aromatic N) is 3. The number of thiazole rings is 1. The molecule has 120 valence electrons. The molecule has 7 heteroatoms. The van der Waals surface area contributed by atoms with Crippen molar-refractivity contribution in [2.75, 3.05) is 0 Å². The third-order valence-electron chi connectivity index (χ3n) is 4.23. The topological polar surface area (TPSA) is 30.7 Å². The van der Waals surface area contributed by atoms with E-state index in [1.165, 1.54) is 11.3 Å². The molecule has 0 radical (unpaired) electrons. The minimum atomic E-state index is -4.44. The summed E-state index contributed by atoms with van der Waals surface area (Å²) in [5, 5.41) is 4.54. The van der Waals surface area contributed by atoms with E-state index in [-0.39, 0.29) is 11.0 Å². The second-order valence-electron chi connectivity index (χ2n) is 6.00. The molecule has 0 fully saturated rings. The molecule has 2 heterocycles. The van der Waals surface area contributed by atoms with Crippen LogP contribution in [0.4, 0.5) is 13.2 Å². The van der Waals surface area contributed by atoms with Crippen LogP contribution in [0.15, 0.2) is 24.3 Å². The lowest BCUT2D eigenvalue weighted by Crippen LogP contribution is -2.18. The van der Waals surface area contributed by atoms with Crippen LogP contribution >= 0.6 is 11.3 Å². The Morgan fingerprint density at radius 1 is 1.26 bits per heavy atom. The summed E-state index contributed by atoms with van der Waals surface area (Å²) in [6, 6.07) is 7.33. The van der Waals surface area contributed by atoms with E-state index in [1.54, 1.807) is 6.07 Å². The Hall–Kier alpha value is -1.89. The number of rotatable bonds is 1. The van der Waals surface area contributed by atoms with Gasteiger partial charge in [-0.25, -0.2) is 9.67 Å². The Morgan fingerprint density at radius 3 is 2.78 bits per heavy atom. The maximum absolute atomic E-state index is 13.7. The van der Waals surface area contributed by atoms with Crippen LogP contribution in [0.25, 0.3) is 15.3 Å². The maximum atomic E-state index is 13.7. The lowest BCUT2D eigenvalue weighted by molar-refractivity contribution is -0.143. The Balaban J connectivity index is 1.94. The minimum Gasteiger partial charge on any atom is -0.218 e. The van der Waals surface area contributed by atoms with Gasteiger partial charge in [0, 0.05) is 5.56 Å². The van der Waals surface area contributed by atoms with E-state index in [4.69, 9.17) is 0 Å². The average molecular weight is 337 g/mol. The summed E-state index contributed by atoms with van der Waals surface area (Å²) < 4.78 is 42.8. The Labute approximate surface area is 134 Å². The van der Waals surface area contributed by atoms with Gasteiger partial charge in [-0.1, -0.05) is 30.4 Å². The van der Waals surface area contributed by atoms with E-state index in [0.29, 0.717) is 29.6 Å². The van der Waals surface area contributed by atoms with Crippen molar-refractivity contribution in [1.82, 2.24) is 14.8 Å². The largest absolute Gasteiger partial charge is 0.433 e. The third kappa shape index (κ3) is 2.43. The van der Waals surface area contributed by atoms with Crippen LogP contribution in [0.3, 0.4) is 0 Å². The Kier molecular flexibility index (Phi) is 3.23. The molecule has 0 saturated carbocycles. The van der Waals surface area contributed by atoms with Crippen molar-refractivity contribution in [3.63, 3.8) is 0 Å². The highest BCUT2D eigenvalue weighted by atomic mass is 32.1. The van der Waals surface area contributed by atoms with E-state index >= 15 is 0 Å². The molecule has 3 nitrogen and oxygen atoms in total. The van der Waals surface area contributed by atoms with Crippen LogP contribution in [0, 0.1) is 5.92 Å². The lowest BCUT2D eigenvalue weighted by atomic mass is 9.87. The van der Waals surface area contributed by atoms with Gasteiger partial charge in [-0.3, -0.25) is 0 Å². The first-order valence-corrected chi connectivity index (χ1v) is 8.29. The number of alkyl halides is 3. The molecular weight excluding hydrogens is 323 g/mol. The van der Waals surface area contributed by atoms with E-state index in [0.717, 1.165) is 15.8 Å². The van der Waals surface area contributed by atoms with Gasteiger partial charge < -0.3 is 0 Å². The van der Waals surface area contributed by atoms with E-state index in [2.05, 4.69) is 10.1 Å². The number of para-hydroxylation sites is 1. The van der Waals surface area contributed by atoms with Crippen molar-refractivity contribution >= 4 is 21.6 Å². The minimum absolute atomic E-state index is 0.247. The van der Waals surface area contributed by atoms with Crippen LogP contribution in [0.2, 0.25) is 0 Å². The van der Waals surface area contributed by atoms with Gasteiger partial charge >= 0.3 is 6.18 Å². The van der Waals surface area contributed by atoms with Crippen LogP contribution in [-0.4, -0.2) is 14.8 Å². The SMILES string of the molecule is CC1CCc2nn(-c3nc4ccccc4s3)c(C(F)(F)F)c2C1. The molecular formula is C16H14F3N3S. The predicted molar refractivity (Wildman–Crippen MR) is 82.9 cm³/mol. The molecule has 0 bridgehead atoms. The molecule has 1 aliphatic carbocycles. The number of aryl methyl sites for hydroxylation is 1. The van der Waals surface area contributed by atoms with Crippen molar-refractivity contribution in [3.8, 4) is 5.13 Å². The highest BCUT2D eigenvalue weighted by Gasteiger charge is 2.42. The molecule has 4 rings (SSSR count). The first kappa shape index (κ1) is 14.7. The summed E-state index contributed by atoms with van der Waals surface area (Å²) in [4.78, 5) is 4.34. The van der Waals surface area contributed by atoms with Gasteiger partial charge in [-0.05, 0) is 37.3 Å². The zero-order valence-corrected chi connectivity index (χ0v) is 13.2. The Bertz CT molecular complexity index is 845. The van der Waals surface area contributed by atoms with Crippen LogP contribution in [0.5, 0.6) is 0 Å². The number of aromatic nitrogens is 3. The normalized spacial score (nSPS) is 18.3. The highest BCUT2D eigenvalue weighted by molar-refractivity contribution is 7.20. The standard InChI is InChI=1S/C16H14F3N3S/c1-9-6-7-11-10(8-9)14(16(17,18)19)22(21-11)15-20-12-4-2-3-5-13(12)23-15/h2-5,9H,6-8H2,1H3. The molecule has 3 aromatic rings. The van der Waals surface area contributed by atoms with Gasteiger partial charge in [-0.15, -0.1) is 0 Å².